The van der Waals surface area contributed by atoms with Gasteiger partial charge in [-0.05, 0) is 45.5 Å². The van der Waals surface area contributed by atoms with Crippen LogP contribution in [0.25, 0.3) is 0 Å². The van der Waals surface area contributed by atoms with Crippen LogP contribution in [-0.2, 0) is 0 Å². The Balaban J connectivity index is 1.95. The number of carbonyl (C=O) groups is 1. The van der Waals surface area contributed by atoms with Gasteiger partial charge in [-0.3, -0.25) is 4.79 Å². The fraction of sp³-hybridized carbons (Fsp3) is 0.533. The molecule has 2 rings (SSSR count). The molecular weight excluding hydrogens is 240 g/mol. The molecule has 1 aromatic rings. The maximum Gasteiger partial charge on any atom is 0.251 e. The van der Waals surface area contributed by atoms with Crippen LogP contribution < -0.4 is 5.32 Å². The van der Waals surface area contributed by atoms with Crippen LogP contribution in [0.15, 0.2) is 18.2 Å². The number of rotatable bonds is 3. The molecule has 4 heteroatoms. The highest BCUT2D eigenvalue weighted by Crippen LogP contribution is 2.19. The lowest BCUT2D eigenvalue weighted by Gasteiger charge is -2.32. The second-order valence-electron chi connectivity index (χ2n) is 5.29. The molecule has 0 saturated carbocycles. The average molecular weight is 262 g/mol. The number of nitrogens with one attached hydrogen (secondary N) is 1. The van der Waals surface area contributed by atoms with Gasteiger partial charge in [0.25, 0.3) is 5.91 Å². The lowest BCUT2D eigenvalue weighted by Crippen LogP contribution is -2.44. The Morgan fingerprint density at radius 3 is 3.00 bits per heavy atom. The number of nitrogens with zero attached hydrogens (tertiary/aromatic N) is 1. The van der Waals surface area contributed by atoms with Crippen molar-refractivity contribution in [3.8, 4) is 5.75 Å². The Morgan fingerprint density at radius 1 is 1.47 bits per heavy atom. The zero-order valence-electron chi connectivity index (χ0n) is 11.6. The van der Waals surface area contributed by atoms with E-state index in [0.717, 1.165) is 13.0 Å². The van der Waals surface area contributed by atoms with Crippen molar-refractivity contribution in [2.45, 2.75) is 32.2 Å². The number of likely N-dealkylation sites (tertiary alicyclic amines) is 1. The molecule has 104 valence electrons. The van der Waals surface area contributed by atoms with E-state index in [1.165, 1.54) is 12.8 Å². The molecule has 19 heavy (non-hydrogen) atoms. The van der Waals surface area contributed by atoms with Crippen molar-refractivity contribution in [1.82, 2.24) is 10.2 Å². The number of hydrogen-bond acceptors (Lipinski definition) is 3. The van der Waals surface area contributed by atoms with Gasteiger partial charge in [0.2, 0.25) is 0 Å². The summed E-state index contributed by atoms with van der Waals surface area (Å²) in [6.07, 6.45) is 3.61. The topological polar surface area (TPSA) is 52.6 Å². The number of piperidine rings is 1. The van der Waals surface area contributed by atoms with Crippen LogP contribution in [0, 0.1) is 6.92 Å². The van der Waals surface area contributed by atoms with Gasteiger partial charge >= 0.3 is 0 Å². The highest BCUT2D eigenvalue weighted by molar-refractivity contribution is 5.96. The molecule has 4 nitrogen and oxygen atoms in total. The molecule has 1 aromatic carbocycles. The highest BCUT2D eigenvalue weighted by atomic mass is 16.3. The predicted octanol–water partition coefficient (Wildman–Crippen LogP) is 1.91. The van der Waals surface area contributed by atoms with Crippen LogP contribution in [0.2, 0.25) is 0 Å². The summed E-state index contributed by atoms with van der Waals surface area (Å²) in [5.74, 6) is 0.0646. The first-order chi connectivity index (χ1) is 9.09. The van der Waals surface area contributed by atoms with E-state index in [1.54, 1.807) is 25.1 Å². The average Bonchev–Trinajstić information content (AvgIpc) is 2.40. The molecule has 1 fully saturated rings. The van der Waals surface area contributed by atoms with Gasteiger partial charge in [-0.15, -0.1) is 0 Å². The third kappa shape index (κ3) is 3.26. The van der Waals surface area contributed by atoms with E-state index < -0.39 is 0 Å². The lowest BCUT2D eigenvalue weighted by atomic mass is 10.0. The van der Waals surface area contributed by atoms with E-state index in [-0.39, 0.29) is 11.7 Å². The Labute approximate surface area is 114 Å². The van der Waals surface area contributed by atoms with Gasteiger partial charge in [0, 0.05) is 23.7 Å². The summed E-state index contributed by atoms with van der Waals surface area (Å²) in [5, 5.41) is 12.6. The van der Waals surface area contributed by atoms with Crippen LogP contribution in [0.3, 0.4) is 0 Å². The van der Waals surface area contributed by atoms with Crippen molar-refractivity contribution in [3.63, 3.8) is 0 Å². The molecule has 1 unspecified atom stereocenters. The minimum absolute atomic E-state index is 0.104. The number of benzene rings is 1. The number of amides is 1. The third-order valence-electron chi connectivity index (χ3n) is 3.97. The first kappa shape index (κ1) is 13.9. The van der Waals surface area contributed by atoms with Crippen LogP contribution in [-0.4, -0.2) is 42.1 Å². The van der Waals surface area contributed by atoms with E-state index in [9.17, 15) is 9.90 Å². The van der Waals surface area contributed by atoms with Crippen molar-refractivity contribution in [2.24, 2.45) is 0 Å². The number of phenolic OH excluding ortho intramolecular Hbond substituents is 1. The lowest BCUT2D eigenvalue weighted by molar-refractivity contribution is 0.0927. The molecule has 2 N–H and O–H groups in total. The van der Waals surface area contributed by atoms with Crippen LogP contribution >= 0.6 is 0 Å². The zero-order chi connectivity index (χ0) is 13.8. The SMILES string of the molecule is Cc1c(O)cccc1C(=O)NCC1CCCCN1C. The number of likely N-dealkylation sites (N-methyl/N-ethyl adjacent to an activating group) is 1. The molecule has 0 radical (unpaired) electrons. The normalized spacial score (nSPS) is 20.2. The Hall–Kier alpha value is -1.55. The fourth-order valence-electron chi connectivity index (χ4n) is 2.58. The molecular formula is C15H22N2O2. The smallest absolute Gasteiger partial charge is 0.251 e. The van der Waals surface area contributed by atoms with Gasteiger partial charge in [0.1, 0.15) is 5.75 Å². The maximum atomic E-state index is 12.1. The van der Waals surface area contributed by atoms with Crippen LogP contribution in [0.1, 0.15) is 35.2 Å². The van der Waals surface area contributed by atoms with E-state index in [4.69, 9.17) is 0 Å². The molecule has 1 aliphatic rings. The van der Waals surface area contributed by atoms with Gasteiger partial charge in [-0.2, -0.15) is 0 Å². The Kier molecular flexibility index (Phi) is 4.43. The van der Waals surface area contributed by atoms with E-state index in [2.05, 4.69) is 17.3 Å². The van der Waals surface area contributed by atoms with Crippen molar-refractivity contribution in [1.29, 1.82) is 0 Å². The van der Waals surface area contributed by atoms with Crippen molar-refractivity contribution < 1.29 is 9.90 Å². The van der Waals surface area contributed by atoms with Crippen molar-refractivity contribution >= 4 is 5.91 Å². The quantitative estimate of drug-likeness (QED) is 0.875. The number of phenols is 1. The predicted molar refractivity (Wildman–Crippen MR) is 75.4 cm³/mol. The van der Waals surface area contributed by atoms with Crippen LogP contribution in [0.4, 0.5) is 0 Å². The monoisotopic (exact) mass is 262 g/mol. The molecule has 0 spiro atoms. The van der Waals surface area contributed by atoms with Gasteiger partial charge in [0.05, 0.1) is 0 Å². The Bertz CT molecular complexity index is 459. The van der Waals surface area contributed by atoms with Gasteiger partial charge < -0.3 is 15.3 Å². The summed E-state index contributed by atoms with van der Waals surface area (Å²) in [6.45, 7) is 3.53. The van der Waals surface area contributed by atoms with Gasteiger partial charge in [-0.1, -0.05) is 12.5 Å². The van der Waals surface area contributed by atoms with Gasteiger partial charge in [0.15, 0.2) is 0 Å². The first-order valence-electron chi connectivity index (χ1n) is 6.86. The van der Waals surface area contributed by atoms with Crippen LogP contribution in [0.5, 0.6) is 5.75 Å². The minimum Gasteiger partial charge on any atom is -0.508 e. The fourth-order valence-corrected chi connectivity index (χ4v) is 2.58. The number of carbonyl (C=O) groups excluding carboxylic acids is 1. The number of aromatic hydroxyl groups is 1. The molecule has 1 atom stereocenters. The molecule has 1 saturated heterocycles. The third-order valence-corrected chi connectivity index (χ3v) is 3.97. The van der Waals surface area contributed by atoms with Gasteiger partial charge in [-0.25, -0.2) is 0 Å². The summed E-state index contributed by atoms with van der Waals surface area (Å²) < 4.78 is 0. The molecule has 1 amide bonds. The van der Waals surface area contributed by atoms with E-state index in [0.29, 0.717) is 23.7 Å². The van der Waals surface area contributed by atoms with Crippen molar-refractivity contribution in [3.05, 3.63) is 29.3 Å². The summed E-state index contributed by atoms with van der Waals surface area (Å²) in [5.41, 5.74) is 1.19. The summed E-state index contributed by atoms with van der Waals surface area (Å²) in [6, 6.07) is 5.47. The van der Waals surface area contributed by atoms with Crippen molar-refractivity contribution in [2.75, 3.05) is 20.1 Å². The molecule has 0 aromatic heterocycles. The largest absolute Gasteiger partial charge is 0.508 e. The number of hydrogen-bond donors (Lipinski definition) is 2. The zero-order valence-corrected chi connectivity index (χ0v) is 11.6. The molecule has 0 bridgehead atoms. The minimum atomic E-state index is -0.104. The van der Waals surface area contributed by atoms with E-state index in [1.807, 2.05) is 0 Å². The molecule has 1 heterocycles. The molecule has 1 aliphatic heterocycles. The standard InChI is InChI=1S/C15H22N2O2/c1-11-13(7-5-8-14(11)18)15(19)16-10-12-6-3-4-9-17(12)2/h5,7-8,12,18H,3-4,6,9-10H2,1-2H3,(H,16,19). The highest BCUT2D eigenvalue weighted by Gasteiger charge is 2.20. The molecule has 0 aliphatic carbocycles. The van der Waals surface area contributed by atoms with E-state index >= 15 is 0 Å². The second-order valence-corrected chi connectivity index (χ2v) is 5.29. The second kappa shape index (κ2) is 6.06. The maximum absolute atomic E-state index is 12.1. The first-order valence-corrected chi connectivity index (χ1v) is 6.86. The Morgan fingerprint density at radius 2 is 2.26 bits per heavy atom. The summed E-state index contributed by atoms with van der Waals surface area (Å²) >= 11 is 0. The summed E-state index contributed by atoms with van der Waals surface area (Å²) in [4.78, 5) is 14.4. The summed E-state index contributed by atoms with van der Waals surface area (Å²) in [7, 11) is 2.11.